The first-order chi connectivity index (χ1) is 29.0. The lowest BCUT2D eigenvalue weighted by Gasteiger charge is -2.11. The van der Waals surface area contributed by atoms with Crippen LogP contribution in [0.3, 0.4) is 0 Å². The number of nitrogens with one attached hydrogen (secondary N) is 2. The zero-order valence-corrected chi connectivity index (χ0v) is 36.2. The maximum absolute atomic E-state index is 12.1. The summed E-state index contributed by atoms with van der Waals surface area (Å²) in [6.45, 7) is 12.8. The molecule has 2 aliphatic heterocycles. The maximum atomic E-state index is 12.1. The van der Waals surface area contributed by atoms with Crippen LogP contribution in [0.2, 0.25) is 10.0 Å². The van der Waals surface area contributed by atoms with Crippen LogP contribution >= 0.6 is 45.9 Å². The molecule has 6 aromatic rings. The van der Waals surface area contributed by atoms with Crippen molar-refractivity contribution in [1.82, 2.24) is 20.6 Å². The summed E-state index contributed by atoms with van der Waals surface area (Å²) in [6, 6.07) is 23.9. The van der Waals surface area contributed by atoms with Crippen LogP contribution in [0.15, 0.2) is 123 Å². The van der Waals surface area contributed by atoms with Crippen molar-refractivity contribution in [1.29, 1.82) is 0 Å². The highest BCUT2D eigenvalue weighted by molar-refractivity contribution is 7.16. The summed E-state index contributed by atoms with van der Waals surface area (Å²) in [5, 5.41) is 6.97. The molecule has 0 spiro atoms. The first-order valence-electron chi connectivity index (χ1n) is 19.2. The lowest BCUT2D eigenvalue weighted by Crippen LogP contribution is -2.33. The maximum Gasteiger partial charge on any atom is 0.244 e. The summed E-state index contributed by atoms with van der Waals surface area (Å²) < 4.78 is 12.0. The lowest BCUT2D eigenvalue weighted by molar-refractivity contribution is -0.117. The molecule has 2 amide bonds. The summed E-state index contributed by atoms with van der Waals surface area (Å²) in [5.41, 5.74) is 8.12. The number of amides is 2. The first kappa shape index (κ1) is 42.3. The number of pyridine rings is 2. The summed E-state index contributed by atoms with van der Waals surface area (Å²) in [5.74, 6) is 1.08. The van der Waals surface area contributed by atoms with Gasteiger partial charge in [0.2, 0.25) is 11.8 Å². The molecule has 0 saturated heterocycles. The Bertz CT molecular complexity index is 2420. The first-order valence-corrected chi connectivity index (χ1v) is 21.6. The molecule has 6 heterocycles. The topological polar surface area (TPSA) is 102 Å². The molecule has 4 aromatic heterocycles. The monoisotopic (exact) mass is 872 g/mol. The van der Waals surface area contributed by atoms with Gasteiger partial charge >= 0.3 is 0 Å². The minimum absolute atomic E-state index is 0.141. The van der Waals surface area contributed by atoms with Crippen LogP contribution in [0.4, 0.5) is 0 Å². The second-order valence-corrected chi connectivity index (χ2v) is 17.4. The van der Waals surface area contributed by atoms with Gasteiger partial charge in [0, 0.05) is 80.4 Å². The van der Waals surface area contributed by atoms with Gasteiger partial charge in [-0.2, -0.15) is 0 Å². The van der Waals surface area contributed by atoms with Crippen LogP contribution < -0.4 is 20.1 Å². The van der Waals surface area contributed by atoms with Crippen LogP contribution in [0.5, 0.6) is 11.5 Å². The van der Waals surface area contributed by atoms with E-state index in [1.54, 1.807) is 59.6 Å². The number of hydrogen-bond acceptors (Lipinski definition) is 8. The predicted octanol–water partition coefficient (Wildman–Crippen LogP) is 11.3. The van der Waals surface area contributed by atoms with Crippen LogP contribution in [-0.4, -0.2) is 47.1 Å². The third-order valence-electron chi connectivity index (χ3n) is 9.56. The van der Waals surface area contributed by atoms with E-state index in [1.165, 1.54) is 12.2 Å². The Hall–Kier alpha value is -5.78. The normalized spacial score (nSPS) is 15.1. The van der Waals surface area contributed by atoms with Crippen molar-refractivity contribution < 1.29 is 19.1 Å². The van der Waals surface area contributed by atoms with Gasteiger partial charge in [-0.3, -0.25) is 19.6 Å². The predicted molar refractivity (Wildman–Crippen MR) is 248 cm³/mol. The molecule has 8 nitrogen and oxygen atoms in total. The molecule has 8 rings (SSSR count). The number of nitrogens with zero attached hydrogens (tertiary/aromatic N) is 2. The minimum atomic E-state index is -0.170. The molecule has 304 valence electrons. The molecule has 0 fully saturated rings. The van der Waals surface area contributed by atoms with Crippen molar-refractivity contribution in [2.45, 2.75) is 38.9 Å². The number of aromatic nitrogens is 2. The van der Waals surface area contributed by atoms with Crippen LogP contribution in [-0.2, 0) is 22.4 Å². The summed E-state index contributed by atoms with van der Waals surface area (Å²) in [7, 11) is 0. The number of carbonyl (C=O) groups excluding carboxylic acids is 2. The minimum Gasteiger partial charge on any atom is -0.486 e. The Labute approximate surface area is 367 Å². The molecule has 0 bridgehead atoms. The highest BCUT2D eigenvalue weighted by Gasteiger charge is 2.28. The fourth-order valence-electron chi connectivity index (χ4n) is 6.57. The molecular formula is C48H42Cl2N4O4S2. The number of ether oxygens (including phenoxy) is 2. The van der Waals surface area contributed by atoms with Crippen LogP contribution in [0.25, 0.3) is 44.2 Å². The van der Waals surface area contributed by atoms with Gasteiger partial charge in [0.05, 0.1) is 23.1 Å². The number of allylic oxidation sites excluding steroid dienone is 2. The molecule has 60 heavy (non-hydrogen) atoms. The highest BCUT2D eigenvalue weighted by Crippen LogP contribution is 2.43. The molecular weight excluding hydrogens is 832 g/mol. The number of fused-ring (bicyclic) bond motifs is 2. The third-order valence-corrected chi connectivity index (χ3v) is 12.7. The Morgan fingerprint density at radius 3 is 1.50 bits per heavy atom. The van der Waals surface area contributed by atoms with Crippen LogP contribution in [0.1, 0.15) is 45.9 Å². The van der Waals surface area contributed by atoms with E-state index in [4.69, 9.17) is 32.7 Å². The number of halogens is 2. The molecule has 0 aliphatic carbocycles. The fourth-order valence-corrected chi connectivity index (χ4v) is 8.98. The Morgan fingerprint density at radius 1 is 0.700 bits per heavy atom. The second-order valence-electron chi connectivity index (χ2n) is 14.4. The average molecular weight is 874 g/mol. The lowest BCUT2D eigenvalue weighted by atomic mass is 10.1. The van der Waals surface area contributed by atoms with Gasteiger partial charge in [0.25, 0.3) is 0 Å². The van der Waals surface area contributed by atoms with Gasteiger partial charge < -0.3 is 20.1 Å². The molecule has 2 atom stereocenters. The van der Waals surface area contributed by atoms with Gasteiger partial charge in [-0.25, -0.2) is 0 Å². The van der Waals surface area contributed by atoms with Crippen LogP contribution in [0, 0.1) is 0 Å². The van der Waals surface area contributed by atoms with Crippen molar-refractivity contribution in [3.8, 4) is 32.4 Å². The Morgan fingerprint density at radius 2 is 1.13 bits per heavy atom. The summed E-state index contributed by atoms with van der Waals surface area (Å²) in [4.78, 5) is 36.9. The van der Waals surface area contributed by atoms with Gasteiger partial charge in [0.15, 0.2) is 0 Å². The van der Waals surface area contributed by atoms with Gasteiger partial charge in [-0.15, -0.1) is 22.7 Å². The molecule has 0 radical (unpaired) electrons. The van der Waals surface area contributed by atoms with E-state index in [9.17, 15) is 9.59 Å². The quantitative estimate of drug-likeness (QED) is 0.119. The van der Waals surface area contributed by atoms with E-state index in [0.29, 0.717) is 47.5 Å². The molecule has 0 saturated carbocycles. The zero-order chi connectivity index (χ0) is 42.2. The third kappa shape index (κ3) is 10.9. The molecule has 2 N–H and O–H groups in total. The molecule has 2 aromatic carbocycles. The standard InChI is InChI=1S/2C24H21ClN2O2S/c2*1-15(2)21-6-7-22(30-21)17-10-18-11-19(29-24(18)20(25)12-17)14-27-23(28)8-5-16-4-3-9-26-13-16/h2*3-10,12-13,19H,1,11,14H2,2H3,(H,27,28)/b2*8-5-/t2*19-/m10/s1. The molecule has 12 heteroatoms. The number of benzene rings is 2. The number of thiophene rings is 2. The van der Waals surface area contributed by atoms with E-state index < -0.39 is 0 Å². The number of carbonyl (C=O) groups is 2. The Kier molecular flexibility index (Phi) is 13.8. The van der Waals surface area contributed by atoms with E-state index in [2.05, 4.69) is 70.2 Å². The van der Waals surface area contributed by atoms with E-state index >= 15 is 0 Å². The summed E-state index contributed by atoms with van der Waals surface area (Å²) >= 11 is 16.4. The van der Waals surface area contributed by atoms with Crippen molar-refractivity contribution in [2.75, 3.05) is 13.1 Å². The van der Waals surface area contributed by atoms with Gasteiger partial charge in [-0.05, 0) is 120 Å². The number of hydrogen-bond donors (Lipinski definition) is 2. The largest absolute Gasteiger partial charge is 0.486 e. The number of rotatable bonds is 12. The van der Waals surface area contributed by atoms with Crippen molar-refractivity contribution in [2.24, 2.45) is 0 Å². The summed E-state index contributed by atoms with van der Waals surface area (Å²) in [6.07, 6.45) is 14.4. The van der Waals surface area contributed by atoms with Crippen molar-refractivity contribution in [3.05, 3.63) is 165 Å². The molecule has 2 aliphatic rings. The van der Waals surface area contributed by atoms with E-state index in [1.807, 2.05) is 50.2 Å². The van der Waals surface area contributed by atoms with Crippen molar-refractivity contribution >= 4 is 81.0 Å². The SMILES string of the molecule is C=C(C)c1ccc(-c2cc(Cl)c3c(c2)C[C@@H](CNC(=O)/C=C\c2cccnc2)O3)s1.C=C(C)c1ccc(-c2cc(Cl)c3c(c2)C[C@H](CNC(=O)/C=C\c2cccnc2)O3)s1. The zero-order valence-electron chi connectivity index (χ0n) is 33.0. The Balaban J connectivity index is 0.000000181. The highest BCUT2D eigenvalue weighted by atomic mass is 35.5. The van der Waals surface area contributed by atoms with Gasteiger partial charge in [0.1, 0.15) is 23.7 Å². The smallest absolute Gasteiger partial charge is 0.244 e. The van der Waals surface area contributed by atoms with E-state index in [0.717, 1.165) is 64.0 Å². The van der Waals surface area contributed by atoms with E-state index in [-0.39, 0.29) is 24.0 Å². The second kappa shape index (κ2) is 19.5. The molecule has 0 unspecified atom stereocenters. The van der Waals surface area contributed by atoms with Gasteiger partial charge in [-0.1, -0.05) is 48.5 Å². The fraction of sp³-hybridized carbons (Fsp3) is 0.167. The average Bonchev–Trinajstić information content (AvgIpc) is 4.08. The van der Waals surface area contributed by atoms with Crippen molar-refractivity contribution in [3.63, 3.8) is 0 Å².